The Labute approximate surface area is 86.0 Å². The Bertz CT molecular complexity index is 383. The lowest BCUT2D eigenvalue weighted by molar-refractivity contribution is 0.562. The molecular weight excluding hydrogens is 200 g/mol. The van der Waals surface area contributed by atoms with E-state index in [1.807, 2.05) is 0 Å². The highest BCUT2D eigenvalue weighted by molar-refractivity contribution is 5.69. The van der Waals surface area contributed by atoms with Crippen LogP contribution in [-0.4, -0.2) is 24.1 Å². The smallest absolute Gasteiger partial charge is 0.151 e. The largest absolute Gasteiger partial charge is 0.323 e. The summed E-state index contributed by atoms with van der Waals surface area (Å²) in [5.74, 6) is -1.31. The highest BCUT2D eigenvalue weighted by Gasteiger charge is 2.17. The van der Waals surface area contributed by atoms with E-state index in [2.05, 4.69) is 10.3 Å². The summed E-state index contributed by atoms with van der Waals surface area (Å²) in [6, 6.07) is -0.208. The van der Waals surface area contributed by atoms with E-state index in [1.54, 1.807) is 6.08 Å². The van der Waals surface area contributed by atoms with Gasteiger partial charge in [0.25, 0.3) is 0 Å². The van der Waals surface area contributed by atoms with Crippen LogP contribution in [0.15, 0.2) is 18.5 Å². The van der Waals surface area contributed by atoms with Gasteiger partial charge in [-0.2, -0.15) is 0 Å². The average molecular weight is 211 g/mol. The van der Waals surface area contributed by atoms with Crippen LogP contribution in [0.4, 0.5) is 8.78 Å². The highest BCUT2D eigenvalue weighted by Crippen LogP contribution is 2.21. The van der Waals surface area contributed by atoms with E-state index >= 15 is 0 Å². The van der Waals surface area contributed by atoms with Crippen molar-refractivity contribution < 1.29 is 8.78 Å². The molecule has 0 saturated carbocycles. The molecule has 15 heavy (non-hydrogen) atoms. The van der Waals surface area contributed by atoms with Gasteiger partial charge in [-0.25, -0.2) is 8.78 Å². The van der Waals surface area contributed by atoms with Crippen LogP contribution in [-0.2, 0) is 0 Å². The molecule has 1 aliphatic rings. The van der Waals surface area contributed by atoms with Crippen molar-refractivity contribution in [3.63, 3.8) is 0 Å². The molecule has 0 spiro atoms. The third-order valence-electron chi connectivity index (χ3n) is 2.29. The van der Waals surface area contributed by atoms with Gasteiger partial charge in [0.15, 0.2) is 11.6 Å². The molecule has 1 aliphatic heterocycles. The summed E-state index contributed by atoms with van der Waals surface area (Å²) in [5.41, 5.74) is 6.18. The molecular formula is C10H11F2N3. The molecule has 2 rings (SSSR count). The molecule has 3 N–H and O–H groups in total. The Morgan fingerprint density at radius 2 is 2.00 bits per heavy atom. The van der Waals surface area contributed by atoms with E-state index in [0.29, 0.717) is 18.7 Å². The summed E-state index contributed by atoms with van der Waals surface area (Å²) in [6.45, 7) is 1.05. The first-order valence-electron chi connectivity index (χ1n) is 4.65. The fourth-order valence-electron chi connectivity index (χ4n) is 1.64. The van der Waals surface area contributed by atoms with Crippen LogP contribution in [0.2, 0.25) is 0 Å². The fourth-order valence-corrected chi connectivity index (χ4v) is 1.64. The third-order valence-corrected chi connectivity index (χ3v) is 2.29. The first-order chi connectivity index (χ1) is 7.18. The maximum atomic E-state index is 13.4. The monoisotopic (exact) mass is 211 g/mol. The fraction of sp³-hybridized carbons (Fsp3) is 0.300. The number of halogens is 2. The second-order valence-electron chi connectivity index (χ2n) is 3.46. The Kier molecular flexibility index (Phi) is 2.75. The van der Waals surface area contributed by atoms with Crippen LogP contribution < -0.4 is 11.1 Å². The Morgan fingerprint density at radius 3 is 2.60 bits per heavy atom. The molecule has 0 bridgehead atoms. The minimum Gasteiger partial charge on any atom is -0.323 e. The van der Waals surface area contributed by atoms with Crippen molar-refractivity contribution in [1.29, 1.82) is 0 Å². The van der Waals surface area contributed by atoms with Crippen LogP contribution in [0.3, 0.4) is 0 Å². The summed E-state index contributed by atoms with van der Waals surface area (Å²) < 4.78 is 26.7. The summed E-state index contributed by atoms with van der Waals surface area (Å²) in [6.07, 6.45) is 3.68. The molecule has 1 aromatic rings. The standard InChI is InChI=1S/C10H11F2N3/c11-8-4-15-5-9(12)10(8)6-1-7(13)3-14-2-6/h1,4-5,7,14H,2-3,13H2. The summed E-state index contributed by atoms with van der Waals surface area (Å²) in [5, 5.41) is 2.99. The number of pyridine rings is 1. The summed E-state index contributed by atoms with van der Waals surface area (Å²) >= 11 is 0. The Balaban J connectivity index is 2.45. The maximum absolute atomic E-state index is 13.4. The second-order valence-corrected chi connectivity index (χ2v) is 3.46. The molecule has 0 radical (unpaired) electrons. The summed E-state index contributed by atoms with van der Waals surface area (Å²) in [4.78, 5) is 3.43. The zero-order chi connectivity index (χ0) is 10.8. The van der Waals surface area contributed by atoms with E-state index in [-0.39, 0.29) is 11.6 Å². The number of hydrogen-bond donors (Lipinski definition) is 2. The van der Waals surface area contributed by atoms with Crippen molar-refractivity contribution in [1.82, 2.24) is 10.3 Å². The van der Waals surface area contributed by atoms with Crippen LogP contribution in [0.1, 0.15) is 5.56 Å². The molecule has 3 nitrogen and oxygen atoms in total. The molecule has 5 heteroatoms. The predicted molar refractivity (Wildman–Crippen MR) is 53.0 cm³/mol. The number of aromatic nitrogens is 1. The van der Waals surface area contributed by atoms with Gasteiger partial charge in [-0.15, -0.1) is 0 Å². The summed E-state index contributed by atoms with van der Waals surface area (Å²) in [7, 11) is 0. The molecule has 2 heterocycles. The Morgan fingerprint density at radius 1 is 1.33 bits per heavy atom. The topological polar surface area (TPSA) is 50.9 Å². The van der Waals surface area contributed by atoms with E-state index in [1.165, 1.54) is 0 Å². The van der Waals surface area contributed by atoms with Crippen molar-refractivity contribution in [2.75, 3.05) is 13.1 Å². The number of nitrogens with one attached hydrogen (secondary N) is 1. The number of rotatable bonds is 1. The van der Waals surface area contributed by atoms with Gasteiger partial charge >= 0.3 is 0 Å². The predicted octanol–water partition coefficient (Wildman–Crippen LogP) is 0.674. The van der Waals surface area contributed by atoms with Crippen LogP contribution in [0, 0.1) is 11.6 Å². The quantitative estimate of drug-likeness (QED) is 0.718. The minimum atomic E-state index is -0.655. The second kappa shape index (κ2) is 4.04. The molecule has 0 amide bonds. The van der Waals surface area contributed by atoms with Gasteiger partial charge in [-0.3, -0.25) is 4.98 Å². The first-order valence-corrected chi connectivity index (χ1v) is 4.65. The first kappa shape index (κ1) is 10.2. The van der Waals surface area contributed by atoms with Crippen molar-refractivity contribution in [2.45, 2.75) is 6.04 Å². The van der Waals surface area contributed by atoms with Crippen molar-refractivity contribution in [3.8, 4) is 0 Å². The lowest BCUT2D eigenvalue weighted by atomic mass is 10.0. The van der Waals surface area contributed by atoms with Crippen molar-refractivity contribution in [2.24, 2.45) is 5.73 Å². The van der Waals surface area contributed by atoms with Gasteiger partial charge in [0.05, 0.1) is 18.0 Å². The lowest BCUT2D eigenvalue weighted by Gasteiger charge is -2.19. The number of hydrogen-bond acceptors (Lipinski definition) is 3. The van der Waals surface area contributed by atoms with E-state index in [4.69, 9.17) is 5.73 Å². The number of nitrogens with zero attached hydrogens (tertiary/aromatic N) is 1. The zero-order valence-electron chi connectivity index (χ0n) is 8.00. The molecule has 1 atom stereocenters. The van der Waals surface area contributed by atoms with E-state index < -0.39 is 11.6 Å². The normalized spacial score (nSPS) is 21.3. The SMILES string of the molecule is NC1C=C(c2c(F)cncc2F)CNC1. The van der Waals surface area contributed by atoms with Gasteiger partial charge in [-0.1, -0.05) is 6.08 Å². The molecule has 1 unspecified atom stereocenters. The molecule has 80 valence electrons. The van der Waals surface area contributed by atoms with Gasteiger partial charge in [0.2, 0.25) is 0 Å². The van der Waals surface area contributed by atoms with Crippen LogP contribution in [0.5, 0.6) is 0 Å². The molecule has 0 aromatic carbocycles. The lowest BCUT2D eigenvalue weighted by Crippen LogP contribution is -2.37. The molecule has 0 saturated heterocycles. The van der Waals surface area contributed by atoms with Crippen molar-refractivity contribution in [3.05, 3.63) is 35.7 Å². The molecule has 1 aromatic heterocycles. The van der Waals surface area contributed by atoms with E-state index in [9.17, 15) is 8.78 Å². The van der Waals surface area contributed by atoms with Crippen LogP contribution in [0.25, 0.3) is 5.57 Å². The average Bonchev–Trinajstić information content (AvgIpc) is 2.17. The van der Waals surface area contributed by atoms with Gasteiger partial charge in [0, 0.05) is 19.1 Å². The maximum Gasteiger partial charge on any atom is 0.151 e. The van der Waals surface area contributed by atoms with E-state index in [0.717, 1.165) is 12.4 Å². The molecule has 0 aliphatic carbocycles. The minimum absolute atomic E-state index is 0.0346. The Hall–Kier alpha value is -1.33. The highest BCUT2D eigenvalue weighted by atomic mass is 19.1. The van der Waals surface area contributed by atoms with Crippen LogP contribution >= 0.6 is 0 Å². The number of nitrogens with two attached hydrogens (primary N) is 1. The van der Waals surface area contributed by atoms with Gasteiger partial charge < -0.3 is 11.1 Å². The third kappa shape index (κ3) is 2.03. The van der Waals surface area contributed by atoms with Gasteiger partial charge in [-0.05, 0) is 5.57 Å². The molecule has 0 fully saturated rings. The zero-order valence-corrected chi connectivity index (χ0v) is 8.00. The van der Waals surface area contributed by atoms with Gasteiger partial charge in [0.1, 0.15) is 0 Å². The van der Waals surface area contributed by atoms with Crippen molar-refractivity contribution >= 4 is 5.57 Å².